The first-order valence-electron chi connectivity index (χ1n) is 11.7. The predicted octanol–water partition coefficient (Wildman–Crippen LogP) is 3.59. The molecule has 188 valence electrons. The van der Waals surface area contributed by atoms with Gasteiger partial charge in [-0.1, -0.05) is 42.7 Å². The van der Waals surface area contributed by atoms with Gasteiger partial charge in [0.1, 0.15) is 16.7 Å². The van der Waals surface area contributed by atoms with Crippen molar-refractivity contribution in [2.75, 3.05) is 17.7 Å². The van der Waals surface area contributed by atoms with Crippen LogP contribution in [-0.4, -0.2) is 35.2 Å². The summed E-state index contributed by atoms with van der Waals surface area (Å²) in [7, 11) is 1.55. The summed E-state index contributed by atoms with van der Waals surface area (Å²) in [4.78, 5) is 41.0. The third-order valence-electron chi connectivity index (χ3n) is 6.33. The first-order chi connectivity index (χ1) is 17.3. The van der Waals surface area contributed by atoms with E-state index in [0.717, 1.165) is 42.8 Å². The summed E-state index contributed by atoms with van der Waals surface area (Å²) in [6.07, 6.45) is 3.89. The Bertz CT molecular complexity index is 1250. The van der Waals surface area contributed by atoms with Crippen LogP contribution in [0.25, 0.3) is 0 Å². The van der Waals surface area contributed by atoms with Crippen LogP contribution in [0, 0.1) is 6.92 Å². The first-order valence-corrected chi connectivity index (χ1v) is 12.5. The lowest BCUT2D eigenvalue weighted by Gasteiger charge is -2.32. The van der Waals surface area contributed by atoms with E-state index >= 15 is 0 Å². The van der Waals surface area contributed by atoms with E-state index in [4.69, 9.17) is 16.2 Å². The van der Waals surface area contributed by atoms with E-state index in [2.05, 4.69) is 9.69 Å². The molecule has 1 aliphatic rings. The molecule has 2 aromatic carbocycles. The molecule has 1 fully saturated rings. The van der Waals surface area contributed by atoms with Gasteiger partial charge < -0.3 is 21.5 Å². The largest absolute Gasteiger partial charge is 0.497 e. The van der Waals surface area contributed by atoms with Gasteiger partial charge in [0.2, 0.25) is 5.91 Å². The molecule has 36 heavy (non-hydrogen) atoms. The van der Waals surface area contributed by atoms with Crippen LogP contribution in [0.1, 0.15) is 63.0 Å². The summed E-state index contributed by atoms with van der Waals surface area (Å²) in [6, 6.07) is 13.3. The SMILES string of the molecule is COc1ccc(N(C(=O)c2snc(C(N)=O)c2N)[C@H](C(=O)NC2CCCC2)c2ccc(C)cc2)cc1. The van der Waals surface area contributed by atoms with E-state index in [9.17, 15) is 14.4 Å². The average molecular weight is 508 g/mol. The van der Waals surface area contributed by atoms with Crippen molar-refractivity contribution in [2.24, 2.45) is 5.73 Å². The molecule has 0 aliphatic heterocycles. The second kappa shape index (κ2) is 10.8. The van der Waals surface area contributed by atoms with Crippen molar-refractivity contribution in [3.05, 3.63) is 70.2 Å². The predicted molar refractivity (Wildman–Crippen MR) is 139 cm³/mol. The summed E-state index contributed by atoms with van der Waals surface area (Å²) in [5.74, 6) is -1.09. The van der Waals surface area contributed by atoms with Crippen molar-refractivity contribution in [3.63, 3.8) is 0 Å². The van der Waals surface area contributed by atoms with E-state index in [1.165, 1.54) is 4.90 Å². The molecule has 0 unspecified atom stereocenters. The summed E-state index contributed by atoms with van der Waals surface area (Å²) in [6.45, 7) is 1.95. The number of nitrogens with two attached hydrogens (primary N) is 2. The Morgan fingerprint density at radius 1 is 1.08 bits per heavy atom. The maximum atomic E-state index is 14.0. The summed E-state index contributed by atoms with van der Waals surface area (Å²) in [5.41, 5.74) is 13.3. The Balaban J connectivity index is 1.84. The number of aryl methyl sites for hydroxylation is 1. The number of nitrogen functional groups attached to an aromatic ring is 1. The number of carbonyl (C=O) groups is 3. The van der Waals surface area contributed by atoms with Crippen LogP contribution in [0.5, 0.6) is 5.75 Å². The summed E-state index contributed by atoms with van der Waals surface area (Å²) < 4.78 is 9.26. The Morgan fingerprint density at radius 3 is 2.28 bits per heavy atom. The standard InChI is InChI=1S/C26H29N5O4S/c1-15-7-9-16(10-8-15)22(25(33)29-17-5-3-4-6-17)31(18-11-13-19(35-2)14-12-18)26(34)23-20(27)21(24(28)32)30-36-23/h7-14,17,22H,3-6,27H2,1-2H3,(H2,28,32)(H,29,33)/t22-/m0/s1. The Hall–Kier alpha value is -3.92. The number of methoxy groups -OCH3 is 1. The quantitative estimate of drug-likeness (QED) is 0.426. The Kier molecular flexibility index (Phi) is 7.54. The highest BCUT2D eigenvalue weighted by molar-refractivity contribution is 7.09. The number of ether oxygens (including phenoxy) is 1. The smallest absolute Gasteiger partial charge is 0.273 e. The van der Waals surface area contributed by atoms with Gasteiger partial charge in [0.25, 0.3) is 11.8 Å². The number of rotatable bonds is 8. The monoisotopic (exact) mass is 507 g/mol. The van der Waals surface area contributed by atoms with E-state index in [1.807, 2.05) is 31.2 Å². The van der Waals surface area contributed by atoms with E-state index < -0.39 is 17.9 Å². The van der Waals surface area contributed by atoms with Crippen molar-refractivity contribution in [2.45, 2.75) is 44.7 Å². The number of benzene rings is 2. The number of nitrogens with zero attached hydrogens (tertiary/aromatic N) is 2. The molecule has 10 heteroatoms. The molecule has 0 saturated heterocycles. The number of aromatic nitrogens is 1. The third-order valence-corrected chi connectivity index (χ3v) is 7.18. The molecule has 5 N–H and O–H groups in total. The van der Waals surface area contributed by atoms with Crippen LogP contribution < -0.4 is 26.4 Å². The molecule has 0 bridgehead atoms. The first kappa shape index (κ1) is 25.2. The number of anilines is 2. The molecule has 1 aliphatic carbocycles. The van der Waals surface area contributed by atoms with Gasteiger partial charge in [-0.2, -0.15) is 4.37 Å². The molecule has 1 atom stereocenters. The molecule has 3 aromatic rings. The third kappa shape index (κ3) is 5.18. The van der Waals surface area contributed by atoms with Gasteiger partial charge in [-0.3, -0.25) is 19.3 Å². The Labute approximate surface area is 213 Å². The lowest BCUT2D eigenvalue weighted by atomic mass is 10.0. The number of carbonyl (C=O) groups excluding carboxylic acids is 3. The van der Waals surface area contributed by atoms with Crippen LogP contribution in [0.2, 0.25) is 0 Å². The topological polar surface area (TPSA) is 141 Å². The fourth-order valence-electron chi connectivity index (χ4n) is 4.38. The molecule has 1 saturated carbocycles. The van der Waals surface area contributed by atoms with Crippen molar-refractivity contribution in [1.82, 2.24) is 9.69 Å². The molecule has 9 nitrogen and oxygen atoms in total. The number of hydrogen-bond acceptors (Lipinski definition) is 7. The average Bonchev–Trinajstić information content (AvgIpc) is 3.52. The minimum absolute atomic E-state index is 0.0328. The van der Waals surface area contributed by atoms with Gasteiger partial charge in [-0.25, -0.2) is 0 Å². The normalized spacial score (nSPS) is 14.3. The van der Waals surface area contributed by atoms with Crippen molar-refractivity contribution >= 4 is 40.6 Å². The summed E-state index contributed by atoms with van der Waals surface area (Å²) in [5, 5.41) is 3.13. The van der Waals surface area contributed by atoms with Gasteiger partial charge in [-0.15, -0.1) is 0 Å². The van der Waals surface area contributed by atoms with Crippen LogP contribution in [-0.2, 0) is 4.79 Å². The molecular weight excluding hydrogens is 478 g/mol. The van der Waals surface area contributed by atoms with Gasteiger partial charge >= 0.3 is 0 Å². The maximum absolute atomic E-state index is 14.0. The van der Waals surface area contributed by atoms with E-state index in [-0.39, 0.29) is 28.2 Å². The number of amides is 3. The lowest BCUT2D eigenvalue weighted by Crippen LogP contribution is -2.46. The number of primary amides is 1. The van der Waals surface area contributed by atoms with E-state index in [0.29, 0.717) is 17.0 Å². The van der Waals surface area contributed by atoms with Gasteiger partial charge in [0, 0.05) is 11.7 Å². The Morgan fingerprint density at radius 2 is 1.72 bits per heavy atom. The van der Waals surface area contributed by atoms with Crippen LogP contribution >= 0.6 is 11.5 Å². The number of hydrogen-bond donors (Lipinski definition) is 3. The van der Waals surface area contributed by atoms with Crippen molar-refractivity contribution in [3.8, 4) is 5.75 Å². The number of nitrogens with one attached hydrogen (secondary N) is 1. The minimum atomic E-state index is -0.995. The van der Waals surface area contributed by atoms with Gasteiger partial charge in [0.05, 0.1) is 12.8 Å². The minimum Gasteiger partial charge on any atom is -0.497 e. The zero-order chi connectivity index (χ0) is 25.8. The van der Waals surface area contributed by atoms with Crippen LogP contribution in [0.3, 0.4) is 0 Å². The second-order valence-electron chi connectivity index (χ2n) is 8.81. The maximum Gasteiger partial charge on any atom is 0.273 e. The fourth-order valence-corrected chi connectivity index (χ4v) is 5.12. The zero-order valence-electron chi connectivity index (χ0n) is 20.2. The van der Waals surface area contributed by atoms with Crippen molar-refractivity contribution in [1.29, 1.82) is 0 Å². The molecule has 0 spiro atoms. The molecule has 1 aromatic heterocycles. The molecule has 0 radical (unpaired) electrons. The van der Waals surface area contributed by atoms with Gasteiger partial charge in [0.15, 0.2) is 5.69 Å². The molecule has 3 amide bonds. The highest BCUT2D eigenvalue weighted by Crippen LogP contribution is 2.34. The second-order valence-corrected chi connectivity index (χ2v) is 9.59. The lowest BCUT2D eigenvalue weighted by molar-refractivity contribution is -0.123. The highest BCUT2D eigenvalue weighted by atomic mass is 32.1. The molecular formula is C26H29N5O4S. The molecule has 1 heterocycles. The van der Waals surface area contributed by atoms with Crippen molar-refractivity contribution < 1.29 is 19.1 Å². The zero-order valence-corrected chi connectivity index (χ0v) is 21.0. The molecule has 4 rings (SSSR count). The fraction of sp³-hybridized carbons (Fsp3) is 0.308. The van der Waals surface area contributed by atoms with Crippen LogP contribution in [0.15, 0.2) is 48.5 Å². The summed E-state index contributed by atoms with van der Waals surface area (Å²) >= 11 is 0.779. The van der Waals surface area contributed by atoms with Crippen LogP contribution in [0.4, 0.5) is 11.4 Å². The highest BCUT2D eigenvalue weighted by Gasteiger charge is 2.37. The van der Waals surface area contributed by atoms with Gasteiger partial charge in [-0.05, 0) is 61.1 Å². The van der Waals surface area contributed by atoms with E-state index in [1.54, 1.807) is 31.4 Å².